The quantitative estimate of drug-likeness (QED) is 0.809. The monoisotopic (exact) mass is 256 g/mol. The van der Waals surface area contributed by atoms with Crippen molar-refractivity contribution in [2.75, 3.05) is 13.1 Å². The molecule has 5 nitrogen and oxygen atoms in total. The number of hydrogen-bond acceptors (Lipinski definition) is 2. The second-order valence-corrected chi connectivity index (χ2v) is 5.78. The van der Waals surface area contributed by atoms with Crippen LogP contribution in [0.2, 0.25) is 0 Å². The fourth-order valence-corrected chi connectivity index (χ4v) is 2.12. The molecule has 104 valence electrons. The molecule has 1 aliphatic heterocycles. The van der Waals surface area contributed by atoms with Gasteiger partial charge in [-0.15, -0.1) is 0 Å². The van der Waals surface area contributed by atoms with Gasteiger partial charge in [-0.05, 0) is 33.1 Å². The molecular weight excluding hydrogens is 232 g/mol. The first kappa shape index (κ1) is 14.8. The summed E-state index contributed by atoms with van der Waals surface area (Å²) < 4.78 is 0. The largest absolute Gasteiger partial charge is 0.481 e. The average molecular weight is 256 g/mol. The Kier molecular flexibility index (Phi) is 4.24. The van der Waals surface area contributed by atoms with Gasteiger partial charge in [-0.2, -0.15) is 0 Å². The molecule has 5 heteroatoms. The predicted molar refractivity (Wildman–Crippen MR) is 69.5 cm³/mol. The number of hydrogen-bond donors (Lipinski definition) is 2. The predicted octanol–water partition coefficient (Wildman–Crippen LogP) is 2.07. The number of nitrogens with zero attached hydrogens (tertiary/aromatic N) is 1. The van der Waals surface area contributed by atoms with Gasteiger partial charge in [0.2, 0.25) is 0 Å². The molecule has 0 spiro atoms. The van der Waals surface area contributed by atoms with Gasteiger partial charge in [-0.25, -0.2) is 4.79 Å². The van der Waals surface area contributed by atoms with Gasteiger partial charge in [0.25, 0.3) is 0 Å². The number of urea groups is 1. The number of carboxylic acid groups (broad SMARTS) is 1. The summed E-state index contributed by atoms with van der Waals surface area (Å²) in [6, 6.07) is -0.154. The summed E-state index contributed by atoms with van der Waals surface area (Å²) in [5.41, 5.74) is -1.01. The molecule has 0 bridgehead atoms. The van der Waals surface area contributed by atoms with Gasteiger partial charge < -0.3 is 15.3 Å². The van der Waals surface area contributed by atoms with E-state index in [1.165, 1.54) is 0 Å². The summed E-state index contributed by atoms with van der Waals surface area (Å²) in [6.07, 6.45) is 1.94. The van der Waals surface area contributed by atoms with E-state index >= 15 is 0 Å². The average Bonchev–Trinajstić information content (AvgIpc) is 2.74. The number of nitrogens with one attached hydrogen (secondary N) is 1. The second kappa shape index (κ2) is 5.16. The van der Waals surface area contributed by atoms with Gasteiger partial charge in [0.15, 0.2) is 0 Å². The molecule has 1 saturated heterocycles. The van der Waals surface area contributed by atoms with E-state index in [0.29, 0.717) is 25.9 Å². The van der Waals surface area contributed by atoms with E-state index in [0.717, 1.165) is 6.42 Å². The summed E-state index contributed by atoms with van der Waals surface area (Å²) in [7, 11) is 0. The van der Waals surface area contributed by atoms with Crippen molar-refractivity contribution in [3.63, 3.8) is 0 Å². The molecule has 0 aromatic rings. The number of aliphatic carboxylic acids is 1. The lowest BCUT2D eigenvalue weighted by Crippen LogP contribution is -2.49. The Morgan fingerprint density at radius 2 is 2.00 bits per heavy atom. The van der Waals surface area contributed by atoms with E-state index in [4.69, 9.17) is 0 Å². The van der Waals surface area contributed by atoms with Gasteiger partial charge in [-0.3, -0.25) is 4.79 Å². The van der Waals surface area contributed by atoms with Crippen molar-refractivity contribution < 1.29 is 14.7 Å². The number of amides is 2. The molecule has 0 aliphatic carbocycles. The first-order valence-corrected chi connectivity index (χ1v) is 6.57. The molecule has 0 aromatic heterocycles. The van der Waals surface area contributed by atoms with Crippen molar-refractivity contribution in [1.29, 1.82) is 0 Å². The third-order valence-electron chi connectivity index (χ3n) is 4.10. The van der Waals surface area contributed by atoms with Crippen LogP contribution in [-0.4, -0.2) is 40.6 Å². The van der Waals surface area contributed by atoms with Crippen LogP contribution in [0.4, 0.5) is 4.79 Å². The second-order valence-electron chi connectivity index (χ2n) is 5.78. The lowest BCUT2D eigenvalue weighted by Gasteiger charge is -2.29. The van der Waals surface area contributed by atoms with Crippen molar-refractivity contribution in [2.45, 2.75) is 52.5 Å². The van der Waals surface area contributed by atoms with Crippen LogP contribution in [0.25, 0.3) is 0 Å². The smallest absolute Gasteiger partial charge is 0.317 e. The molecule has 1 atom stereocenters. The maximum atomic E-state index is 12.1. The van der Waals surface area contributed by atoms with Crippen LogP contribution in [0, 0.1) is 5.41 Å². The zero-order valence-corrected chi connectivity index (χ0v) is 11.7. The summed E-state index contributed by atoms with van der Waals surface area (Å²) in [6.45, 7) is 8.63. The third-order valence-corrected chi connectivity index (χ3v) is 4.10. The fourth-order valence-electron chi connectivity index (χ4n) is 2.12. The highest BCUT2D eigenvalue weighted by Crippen LogP contribution is 2.34. The van der Waals surface area contributed by atoms with Crippen LogP contribution in [0.3, 0.4) is 0 Å². The fraction of sp³-hybridized carbons (Fsp3) is 0.846. The van der Waals surface area contributed by atoms with Gasteiger partial charge >= 0.3 is 12.0 Å². The Morgan fingerprint density at radius 3 is 2.39 bits per heavy atom. The van der Waals surface area contributed by atoms with Gasteiger partial charge in [0.05, 0.1) is 5.41 Å². The molecule has 2 amide bonds. The highest BCUT2D eigenvalue weighted by Gasteiger charge is 2.45. The van der Waals surface area contributed by atoms with Crippen LogP contribution in [-0.2, 0) is 4.79 Å². The molecule has 1 rings (SSSR count). The van der Waals surface area contributed by atoms with E-state index in [-0.39, 0.29) is 11.6 Å². The zero-order chi connectivity index (χ0) is 14.0. The number of carbonyl (C=O) groups excluding carboxylic acids is 1. The number of rotatable bonds is 4. The van der Waals surface area contributed by atoms with Crippen molar-refractivity contribution in [3.05, 3.63) is 0 Å². The van der Waals surface area contributed by atoms with Gasteiger partial charge in [0.1, 0.15) is 0 Å². The normalized spacial score (nSPS) is 24.1. The van der Waals surface area contributed by atoms with Crippen LogP contribution in [0.15, 0.2) is 0 Å². The Hall–Kier alpha value is -1.26. The molecule has 18 heavy (non-hydrogen) atoms. The van der Waals surface area contributed by atoms with Crippen LogP contribution in [0.1, 0.15) is 47.0 Å². The highest BCUT2D eigenvalue weighted by atomic mass is 16.4. The topological polar surface area (TPSA) is 69.6 Å². The summed E-state index contributed by atoms with van der Waals surface area (Å²) in [5, 5.41) is 12.2. The Balaban J connectivity index is 2.67. The van der Waals surface area contributed by atoms with Crippen LogP contribution >= 0.6 is 0 Å². The summed E-state index contributed by atoms with van der Waals surface area (Å²) >= 11 is 0. The minimum atomic E-state index is -0.796. The maximum Gasteiger partial charge on any atom is 0.317 e. The van der Waals surface area contributed by atoms with Crippen LogP contribution in [0.5, 0.6) is 0 Å². The van der Waals surface area contributed by atoms with Crippen molar-refractivity contribution in [2.24, 2.45) is 5.41 Å². The van der Waals surface area contributed by atoms with Gasteiger partial charge in [0, 0.05) is 18.6 Å². The van der Waals surface area contributed by atoms with Crippen molar-refractivity contribution in [1.82, 2.24) is 10.2 Å². The molecule has 1 unspecified atom stereocenters. The molecule has 1 fully saturated rings. The minimum absolute atomic E-state index is 0.154. The molecule has 1 aliphatic rings. The van der Waals surface area contributed by atoms with E-state index in [1.807, 2.05) is 27.7 Å². The van der Waals surface area contributed by atoms with Crippen molar-refractivity contribution in [3.8, 4) is 0 Å². The van der Waals surface area contributed by atoms with Crippen LogP contribution < -0.4 is 5.32 Å². The molecule has 1 heterocycles. The van der Waals surface area contributed by atoms with E-state index in [1.54, 1.807) is 4.90 Å². The highest BCUT2D eigenvalue weighted by molar-refractivity contribution is 5.80. The molecule has 0 radical (unpaired) electrons. The van der Waals surface area contributed by atoms with E-state index in [2.05, 4.69) is 5.32 Å². The molecule has 2 N–H and O–H groups in total. The lowest BCUT2D eigenvalue weighted by molar-refractivity contribution is -0.148. The molecule has 0 aromatic carbocycles. The summed E-state index contributed by atoms with van der Waals surface area (Å²) in [5.74, 6) is -0.796. The first-order valence-electron chi connectivity index (χ1n) is 6.57. The summed E-state index contributed by atoms with van der Waals surface area (Å²) in [4.78, 5) is 25.0. The Morgan fingerprint density at radius 1 is 1.39 bits per heavy atom. The Bertz CT molecular complexity index is 341. The van der Waals surface area contributed by atoms with Crippen molar-refractivity contribution >= 4 is 12.0 Å². The lowest BCUT2D eigenvalue weighted by atomic mass is 9.84. The third kappa shape index (κ3) is 2.94. The Labute approximate surface area is 109 Å². The zero-order valence-electron chi connectivity index (χ0n) is 11.7. The molecule has 0 saturated carbocycles. The van der Waals surface area contributed by atoms with E-state index in [9.17, 15) is 14.7 Å². The SMILES string of the molecule is CCC(C)(C)NC(=O)N1CCC(CC)(C(=O)O)C1. The number of carboxylic acids is 1. The van der Waals surface area contributed by atoms with Gasteiger partial charge in [-0.1, -0.05) is 13.8 Å². The minimum Gasteiger partial charge on any atom is -0.481 e. The van der Waals surface area contributed by atoms with E-state index < -0.39 is 11.4 Å². The number of likely N-dealkylation sites (tertiary alicyclic amines) is 1. The first-order chi connectivity index (χ1) is 8.26. The molecular formula is C13H24N2O3. The maximum absolute atomic E-state index is 12.1. The number of carbonyl (C=O) groups is 2. The standard InChI is InChI=1S/C13H24N2O3/c1-5-12(3,4)14-11(18)15-8-7-13(6-2,9-15)10(16)17/h5-9H2,1-4H3,(H,14,18)(H,16,17).